The highest BCUT2D eigenvalue weighted by molar-refractivity contribution is 9.10. The number of nitrogens with two attached hydrogens (primary N) is 1. The van der Waals surface area contributed by atoms with Crippen LogP contribution in [0, 0.1) is 11.3 Å². The van der Waals surface area contributed by atoms with E-state index in [4.69, 9.17) is 10.8 Å². The molecule has 1 amide bonds. The number of anilines is 1. The number of nitrogens with zero attached hydrogens (tertiary/aromatic N) is 4. The molecular weight excluding hydrogens is 400 g/mol. The molecule has 10 heteroatoms. The van der Waals surface area contributed by atoms with Gasteiger partial charge in [-0.2, -0.15) is 10.4 Å². The Bertz CT molecular complexity index is 875. The number of hydrogen-bond acceptors (Lipinski definition) is 4. The largest absolute Gasteiger partial charge is 0.465 e. The number of alkyl halides is 2. The maximum Gasteiger partial charge on any atom is 0.407 e. The lowest BCUT2D eigenvalue weighted by atomic mass is 10.1. The molecule has 2 heterocycles. The summed E-state index contributed by atoms with van der Waals surface area (Å²) in [5.41, 5.74) is 6.57. The van der Waals surface area contributed by atoms with E-state index < -0.39 is 31.1 Å². The van der Waals surface area contributed by atoms with Gasteiger partial charge in [0, 0.05) is 10.0 Å². The topological polar surface area (TPSA) is 108 Å². The number of nitriles is 1. The van der Waals surface area contributed by atoms with Gasteiger partial charge in [0.25, 0.3) is 5.92 Å². The van der Waals surface area contributed by atoms with Crippen LogP contribution >= 0.6 is 15.9 Å². The number of likely N-dealkylation sites (tertiary alicyclic amines) is 1. The molecule has 0 saturated carbocycles. The molecule has 0 radical (unpaired) electrons. The summed E-state index contributed by atoms with van der Waals surface area (Å²) in [5, 5.41) is 22.4. The van der Waals surface area contributed by atoms with Crippen LogP contribution in [0.1, 0.15) is 11.6 Å². The molecule has 1 atom stereocenters. The average Bonchev–Trinajstić information content (AvgIpc) is 3.04. The van der Waals surface area contributed by atoms with Crippen LogP contribution in [0.4, 0.5) is 19.4 Å². The molecule has 3 rings (SSSR count). The van der Waals surface area contributed by atoms with Crippen molar-refractivity contribution in [2.45, 2.75) is 12.0 Å². The number of carbonyl (C=O) groups is 1. The predicted molar refractivity (Wildman–Crippen MR) is 88.1 cm³/mol. The Labute approximate surface area is 149 Å². The van der Waals surface area contributed by atoms with Gasteiger partial charge in [-0.3, -0.25) is 4.90 Å². The van der Waals surface area contributed by atoms with Crippen molar-refractivity contribution in [1.82, 2.24) is 14.7 Å². The molecule has 130 valence electrons. The van der Waals surface area contributed by atoms with E-state index in [9.17, 15) is 18.8 Å². The summed E-state index contributed by atoms with van der Waals surface area (Å²) in [6, 6.07) is 7.11. The standard InChI is InChI=1S/C15H12BrF2N5O2/c16-9-3-1-8(2-4-9)12-10(5-19)13(20)23(21-12)11-6-22(14(24)25)7-15(11,17)18/h1-4,11H,6-7,20H2,(H,24,25). The molecule has 25 heavy (non-hydrogen) atoms. The second kappa shape index (κ2) is 6.00. The van der Waals surface area contributed by atoms with E-state index in [1.807, 2.05) is 6.07 Å². The number of benzene rings is 1. The number of halogens is 3. The van der Waals surface area contributed by atoms with E-state index in [0.29, 0.717) is 10.5 Å². The van der Waals surface area contributed by atoms with Crippen LogP contribution in [-0.2, 0) is 0 Å². The number of nitrogen functional groups attached to an aromatic ring is 1. The molecule has 0 aliphatic carbocycles. The highest BCUT2D eigenvalue weighted by Crippen LogP contribution is 2.40. The van der Waals surface area contributed by atoms with Gasteiger partial charge in [0.05, 0.1) is 13.1 Å². The number of amides is 1. The smallest absolute Gasteiger partial charge is 0.407 e. The van der Waals surface area contributed by atoms with Crippen LogP contribution < -0.4 is 5.73 Å². The zero-order valence-corrected chi connectivity index (χ0v) is 14.2. The lowest BCUT2D eigenvalue weighted by Crippen LogP contribution is -2.31. The summed E-state index contributed by atoms with van der Waals surface area (Å²) in [4.78, 5) is 11.6. The van der Waals surface area contributed by atoms with Crippen LogP contribution in [0.2, 0.25) is 0 Å². The van der Waals surface area contributed by atoms with Gasteiger partial charge in [0.2, 0.25) is 0 Å². The molecule has 1 unspecified atom stereocenters. The third-order valence-corrected chi connectivity index (χ3v) is 4.55. The van der Waals surface area contributed by atoms with Crippen molar-refractivity contribution in [2.24, 2.45) is 0 Å². The number of rotatable bonds is 2. The summed E-state index contributed by atoms with van der Waals surface area (Å²) in [6.07, 6.45) is -1.44. The highest BCUT2D eigenvalue weighted by atomic mass is 79.9. The number of carboxylic acid groups (broad SMARTS) is 1. The Hall–Kier alpha value is -2.67. The minimum absolute atomic E-state index is 0.0214. The molecule has 0 bridgehead atoms. The molecule has 1 fully saturated rings. The Morgan fingerprint density at radius 2 is 2.08 bits per heavy atom. The molecule has 7 nitrogen and oxygen atoms in total. The lowest BCUT2D eigenvalue weighted by Gasteiger charge is -2.18. The molecule has 1 aromatic carbocycles. The quantitative estimate of drug-likeness (QED) is 0.789. The number of hydrogen-bond donors (Lipinski definition) is 2. The highest BCUT2D eigenvalue weighted by Gasteiger charge is 2.52. The second-order valence-corrected chi connectivity index (χ2v) is 6.53. The van der Waals surface area contributed by atoms with Gasteiger partial charge in [-0.1, -0.05) is 28.1 Å². The van der Waals surface area contributed by atoms with Gasteiger partial charge >= 0.3 is 6.09 Å². The van der Waals surface area contributed by atoms with E-state index in [-0.39, 0.29) is 17.1 Å². The van der Waals surface area contributed by atoms with Crippen LogP contribution in [0.5, 0.6) is 0 Å². The second-order valence-electron chi connectivity index (χ2n) is 5.61. The number of aromatic nitrogens is 2. The molecule has 1 aromatic heterocycles. The summed E-state index contributed by atoms with van der Waals surface area (Å²) >= 11 is 3.29. The zero-order chi connectivity index (χ0) is 18.4. The molecular formula is C15H12BrF2N5O2. The first-order valence-electron chi connectivity index (χ1n) is 7.14. The van der Waals surface area contributed by atoms with E-state index in [1.54, 1.807) is 24.3 Å². The van der Waals surface area contributed by atoms with Crippen molar-refractivity contribution >= 4 is 27.8 Å². The Morgan fingerprint density at radius 1 is 1.44 bits per heavy atom. The molecule has 1 aliphatic heterocycles. The third kappa shape index (κ3) is 2.91. The van der Waals surface area contributed by atoms with Crippen LogP contribution in [-0.4, -0.2) is 44.9 Å². The fourth-order valence-electron chi connectivity index (χ4n) is 2.77. The van der Waals surface area contributed by atoms with Gasteiger partial charge < -0.3 is 10.8 Å². The predicted octanol–water partition coefficient (Wildman–Crippen LogP) is 2.94. The molecule has 0 spiro atoms. The summed E-state index contributed by atoms with van der Waals surface area (Å²) in [7, 11) is 0. The summed E-state index contributed by atoms with van der Waals surface area (Å²) in [5.74, 6) is -3.56. The van der Waals surface area contributed by atoms with Gasteiger partial charge in [-0.05, 0) is 12.1 Å². The molecule has 1 saturated heterocycles. The van der Waals surface area contributed by atoms with Crippen molar-refractivity contribution in [1.29, 1.82) is 5.26 Å². The minimum Gasteiger partial charge on any atom is -0.465 e. The van der Waals surface area contributed by atoms with Crippen molar-refractivity contribution in [3.63, 3.8) is 0 Å². The fraction of sp³-hybridized carbons (Fsp3) is 0.267. The first kappa shape index (κ1) is 17.2. The first-order chi connectivity index (χ1) is 11.7. The Morgan fingerprint density at radius 3 is 2.60 bits per heavy atom. The van der Waals surface area contributed by atoms with Gasteiger partial charge in [0.1, 0.15) is 29.2 Å². The molecule has 3 N–H and O–H groups in total. The first-order valence-corrected chi connectivity index (χ1v) is 7.93. The van der Waals surface area contributed by atoms with E-state index in [0.717, 1.165) is 9.15 Å². The fourth-order valence-corrected chi connectivity index (χ4v) is 3.04. The van der Waals surface area contributed by atoms with E-state index in [2.05, 4.69) is 21.0 Å². The summed E-state index contributed by atoms with van der Waals surface area (Å²) < 4.78 is 30.2. The van der Waals surface area contributed by atoms with Crippen LogP contribution in [0.3, 0.4) is 0 Å². The van der Waals surface area contributed by atoms with E-state index in [1.165, 1.54) is 0 Å². The SMILES string of the molecule is N#Cc1c(-c2ccc(Br)cc2)nn(C2CN(C(=O)O)CC2(F)F)c1N. The molecule has 2 aromatic rings. The van der Waals surface area contributed by atoms with Crippen molar-refractivity contribution in [3.05, 3.63) is 34.3 Å². The van der Waals surface area contributed by atoms with Crippen molar-refractivity contribution in [3.8, 4) is 17.3 Å². The molecule has 1 aliphatic rings. The Kier molecular flexibility index (Phi) is 4.12. The van der Waals surface area contributed by atoms with Gasteiger partial charge in [-0.15, -0.1) is 0 Å². The van der Waals surface area contributed by atoms with E-state index >= 15 is 0 Å². The minimum atomic E-state index is -3.34. The van der Waals surface area contributed by atoms with Crippen LogP contribution in [0.25, 0.3) is 11.3 Å². The third-order valence-electron chi connectivity index (χ3n) is 4.03. The summed E-state index contributed by atoms with van der Waals surface area (Å²) in [6.45, 7) is -1.40. The van der Waals surface area contributed by atoms with Gasteiger partial charge in [0.15, 0.2) is 0 Å². The van der Waals surface area contributed by atoms with Crippen molar-refractivity contribution in [2.75, 3.05) is 18.8 Å². The normalized spacial score (nSPS) is 19.0. The zero-order valence-electron chi connectivity index (χ0n) is 12.7. The van der Waals surface area contributed by atoms with Crippen molar-refractivity contribution < 1.29 is 18.7 Å². The lowest BCUT2D eigenvalue weighted by molar-refractivity contribution is -0.0236. The Balaban J connectivity index is 2.08. The average molecular weight is 412 g/mol. The monoisotopic (exact) mass is 411 g/mol. The maximum absolute atomic E-state index is 14.3. The van der Waals surface area contributed by atoms with Crippen LogP contribution in [0.15, 0.2) is 28.7 Å². The van der Waals surface area contributed by atoms with Gasteiger partial charge in [-0.25, -0.2) is 18.3 Å². The maximum atomic E-state index is 14.3.